The fourth-order valence-electron chi connectivity index (χ4n) is 2.65. The molecule has 0 aromatic heterocycles. The fraction of sp³-hybridized carbons (Fsp3) is 0.588. The van der Waals surface area contributed by atoms with E-state index < -0.39 is 6.04 Å². The van der Waals surface area contributed by atoms with Crippen molar-refractivity contribution in [1.29, 1.82) is 0 Å². The zero-order valence-corrected chi connectivity index (χ0v) is 15.6. The molecule has 1 atom stereocenters. The van der Waals surface area contributed by atoms with Crippen LogP contribution >= 0.6 is 24.8 Å². The summed E-state index contributed by atoms with van der Waals surface area (Å²) in [4.78, 5) is 14.4. The lowest BCUT2D eigenvalue weighted by molar-refractivity contribution is -0.123. The molecule has 4 nitrogen and oxygen atoms in total. The highest BCUT2D eigenvalue weighted by atomic mass is 35.5. The number of nitrogens with zero attached hydrogens (tertiary/aromatic N) is 1. The van der Waals surface area contributed by atoms with E-state index in [-0.39, 0.29) is 36.6 Å². The lowest BCUT2D eigenvalue weighted by Gasteiger charge is -2.17. The van der Waals surface area contributed by atoms with E-state index in [9.17, 15) is 4.79 Å². The number of amides is 1. The molecule has 0 unspecified atom stereocenters. The van der Waals surface area contributed by atoms with Crippen LogP contribution in [-0.4, -0.2) is 29.9 Å². The van der Waals surface area contributed by atoms with E-state index in [4.69, 9.17) is 5.73 Å². The summed E-state index contributed by atoms with van der Waals surface area (Å²) in [5.74, 6) is 0.0847. The van der Waals surface area contributed by atoms with Gasteiger partial charge in [-0.2, -0.15) is 0 Å². The van der Waals surface area contributed by atoms with Crippen molar-refractivity contribution in [2.45, 2.75) is 45.8 Å². The van der Waals surface area contributed by atoms with Crippen LogP contribution in [0.1, 0.15) is 37.8 Å². The Balaban J connectivity index is 0.00000242. The van der Waals surface area contributed by atoms with Crippen LogP contribution in [-0.2, 0) is 17.9 Å². The standard InChI is InChI=1S/C17H27N3O.2ClH/c1-13(2)16(18)17(21)19-11-14-6-5-7-15(10-14)12-20-8-3-4-9-20;;/h5-7,10,13,16H,3-4,8-9,11-12,18H2,1-2H3,(H,19,21);2*1H/t16-;;/m0../s1. The summed E-state index contributed by atoms with van der Waals surface area (Å²) in [5.41, 5.74) is 8.30. The van der Waals surface area contributed by atoms with Crippen molar-refractivity contribution in [1.82, 2.24) is 10.2 Å². The van der Waals surface area contributed by atoms with E-state index in [1.54, 1.807) is 0 Å². The maximum absolute atomic E-state index is 11.9. The number of likely N-dealkylation sites (tertiary alicyclic amines) is 1. The second-order valence-electron chi connectivity index (χ2n) is 6.29. The maximum atomic E-state index is 11.9. The molecule has 1 aromatic rings. The topological polar surface area (TPSA) is 58.4 Å². The van der Waals surface area contributed by atoms with Gasteiger partial charge in [0.1, 0.15) is 0 Å². The first-order chi connectivity index (χ1) is 10.1. The minimum atomic E-state index is -0.433. The van der Waals surface area contributed by atoms with Crippen molar-refractivity contribution in [3.05, 3.63) is 35.4 Å². The molecule has 23 heavy (non-hydrogen) atoms. The summed E-state index contributed by atoms with van der Waals surface area (Å²) >= 11 is 0. The Bertz CT molecular complexity index is 477. The summed E-state index contributed by atoms with van der Waals surface area (Å²) in [7, 11) is 0. The predicted molar refractivity (Wildman–Crippen MR) is 100 cm³/mol. The van der Waals surface area contributed by atoms with Crippen molar-refractivity contribution < 1.29 is 4.79 Å². The first-order valence-corrected chi connectivity index (χ1v) is 7.89. The summed E-state index contributed by atoms with van der Waals surface area (Å²) in [6, 6.07) is 8.02. The summed E-state index contributed by atoms with van der Waals surface area (Å²) in [5, 5.41) is 2.92. The second-order valence-corrected chi connectivity index (χ2v) is 6.29. The van der Waals surface area contributed by atoms with Gasteiger partial charge in [-0.1, -0.05) is 38.1 Å². The lowest BCUT2D eigenvalue weighted by atomic mass is 10.0. The van der Waals surface area contributed by atoms with Crippen LogP contribution in [0.4, 0.5) is 0 Å². The Kier molecular flexibility index (Phi) is 10.5. The predicted octanol–water partition coefficient (Wildman–Crippen LogP) is 2.73. The average Bonchev–Trinajstić information content (AvgIpc) is 2.97. The van der Waals surface area contributed by atoms with Crippen LogP contribution in [0.25, 0.3) is 0 Å². The van der Waals surface area contributed by atoms with Gasteiger partial charge in [-0.3, -0.25) is 9.69 Å². The van der Waals surface area contributed by atoms with Crippen molar-refractivity contribution in [2.24, 2.45) is 11.7 Å². The first kappa shape index (κ1) is 22.2. The van der Waals surface area contributed by atoms with Gasteiger partial charge in [-0.25, -0.2) is 0 Å². The summed E-state index contributed by atoms with van der Waals surface area (Å²) in [6.45, 7) is 7.87. The zero-order chi connectivity index (χ0) is 15.2. The van der Waals surface area contributed by atoms with Gasteiger partial charge in [-0.05, 0) is 43.0 Å². The highest BCUT2D eigenvalue weighted by Crippen LogP contribution is 2.14. The van der Waals surface area contributed by atoms with Crippen LogP contribution < -0.4 is 11.1 Å². The molecule has 1 aliphatic heterocycles. The number of carbonyl (C=O) groups excluding carboxylic acids is 1. The molecule has 1 saturated heterocycles. The lowest BCUT2D eigenvalue weighted by Crippen LogP contribution is -2.43. The number of benzene rings is 1. The number of rotatable bonds is 6. The molecule has 132 valence electrons. The largest absolute Gasteiger partial charge is 0.351 e. The van der Waals surface area contributed by atoms with Gasteiger partial charge in [0, 0.05) is 13.1 Å². The molecule has 0 aliphatic carbocycles. The van der Waals surface area contributed by atoms with E-state index in [1.807, 2.05) is 13.8 Å². The van der Waals surface area contributed by atoms with Crippen molar-refractivity contribution in [3.8, 4) is 0 Å². The second kappa shape index (κ2) is 10.9. The van der Waals surface area contributed by atoms with E-state index in [2.05, 4.69) is 34.5 Å². The quantitative estimate of drug-likeness (QED) is 0.818. The molecule has 0 spiro atoms. The molecule has 0 radical (unpaired) electrons. The van der Waals surface area contributed by atoms with E-state index in [1.165, 1.54) is 31.5 Å². The molecular formula is C17H29Cl2N3O. The smallest absolute Gasteiger partial charge is 0.237 e. The van der Waals surface area contributed by atoms with E-state index >= 15 is 0 Å². The molecule has 1 fully saturated rings. The number of hydrogen-bond donors (Lipinski definition) is 2. The Morgan fingerprint density at radius 3 is 2.43 bits per heavy atom. The maximum Gasteiger partial charge on any atom is 0.237 e. The third-order valence-electron chi connectivity index (χ3n) is 4.08. The van der Waals surface area contributed by atoms with Crippen molar-refractivity contribution in [2.75, 3.05) is 13.1 Å². The Hall–Kier alpha value is -0.810. The fourth-order valence-corrected chi connectivity index (χ4v) is 2.65. The Labute approximate surface area is 152 Å². The first-order valence-electron chi connectivity index (χ1n) is 7.89. The van der Waals surface area contributed by atoms with E-state index in [0.29, 0.717) is 6.54 Å². The highest BCUT2D eigenvalue weighted by Gasteiger charge is 2.16. The molecule has 3 N–H and O–H groups in total. The number of hydrogen-bond acceptors (Lipinski definition) is 3. The molecule has 1 amide bonds. The van der Waals surface area contributed by atoms with Gasteiger partial charge in [0.15, 0.2) is 0 Å². The molecule has 1 heterocycles. The minimum absolute atomic E-state index is 0. The highest BCUT2D eigenvalue weighted by molar-refractivity contribution is 5.85. The normalized spacial score (nSPS) is 15.7. The van der Waals surface area contributed by atoms with Crippen LogP contribution in [0.5, 0.6) is 0 Å². The van der Waals surface area contributed by atoms with Gasteiger partial charge in [0.2, 0.25) is 5.91 Å². The van der Waals surface area contributed by atoms with Crippen LogP contribution in [0.15, 0.2) is 24.3 Å². The number of carbonyl (C=O) groups is 1. The van der Waals surface area contributed by atoms with Gasteiger partial charge >= 0.3 is 0 Å². The van der Waals surface area contributed by atoms with E-state index in [0.717, 1.165) is 12.1 Å². The Morgan fingerprint density at radius 1 is 1.22 bits per heavy atom. The van der Waals surface area contributed by atoms with Gasteiger partial charge in [0.25, 0.3) is 0 Å². The number of nitrogens with two attached hydrogens (primary N) is 1. The SMILES string of the molecule is CC(C)[C@H](N)C(=O)NCc1cccc(CN2CCCC2)c1.Cl.Cl. The van der Waals surface area contributed by atoms with Gasteiger partial charge in [-0.15, -0.1) is 24.8 Å². The number of nitrogens with one attached hydrogen (secondary N) is 1. The molecule has 6 heteroatoms. The monoisotopic (exact) mass is 361 g/mol. The van der Waals surface area contributed by atoms with Crippen LogP contribution in [0.3, 0.4) is 0 Å². The third-order valence-corrected chi connectivity index (χ3v) is 4.08. The number of halogens is 2. The van der Waals surface area contributed by atoms with Crippen LogP contribution in [0.2, 0.25) is 0 Å². The molecule has 1 aromatic carbocycles. The average molecular weight is 362 g/mol. The Morgan fingerprint density at radius 2 is 1.83 bits per heavy atom. The third kappa shape index (κ3) is 7.08. The molecular weight excluding hydrogens is 333 g/mol. The summed E-state index contributed by atoms with van der Waals surface area (Å²) < 4.78 is 0. The van der Waals surface area contributed by atoms with Crippen molar-refractivity contribution >= 4 is 30.7 Å². The van der Waals surface area contributed by atoms with Crippen molar-refractivity contribution in [3.63, 3.8) is 0 Å². The minimum Gasteiger partial charge on any atom is -0.351 e. The van der Waals surface area contributed by atoms with Gasteiger partial charge < -0.3 is 11.1 Å². The molecule has 0 bridgehead atoms. The van der Waals surface area contributed by atoms with Gasteiger partial charge in [0.05, 0.1) is 6.04 Å². The zero-order valence-electron chi connectivity index (χ0n) is 14.0. The van der Waals surface area contributed by atoms with Crippen LogP contribution in [0, 0.1) is 5.92 Å². The molecule has 2 rings (SSSR count). The molecule has 0 saturated carbocycles. The molecule has 1 aliphatic rings. The summed E-state index contributed by atoms with van der Waals surface area (Å²) in [6.07, 6.45) is 2.62.